The number of carbonyl (C=O) groups is 1. The summed E-state index contributed by atoms with van der Waals surface area (Å²) in [7, 11) is -4.35. The van der Waals surface area contributed by atoms with Gasteiger partial charge in [-0.05, 0) is 58.6 Å². The quantitative estimate of drug-likeness (QED) is 0.186. The standard InChI is InChI=1S/C27H19N3O5S/c31-26-24(27(32)28-20-11-13-22(14-12-20)36(33,34)35)16-19-7-3-4-8-23(19)25(26)30-29-21-10-9-17-5-1-2-6-18(17)15-21/h1-16,31H,(H,28,32)(H,33,34,35). The highest BCUT2D eigenvalue weighted by Crippen LogP contribution is 2.39. The summed E-state index contributed by atoms with van der Waals surface area (Å²) in [5.41, 5.74) is 0.985. The number of phenols is 1. The molecule has 1 amide bonds. The summed E-state index contributed by atoms with van der Waals surface area (Å²) in [5, 5.41) is 25.6. The highest BCUT2D eigenvalue weighted by Gasteiger charge is 2.19. The van der Waals surface area contributed by atoms with Crippen LogP contribution in [-0.4, -0.2) is 24.0 Å². The molecule has 0 bridgehead atoms. The maximum absolute atomic E-state index is 13.0. The molecule has 0 aromatic heterocycles. The average molecular weight is 498 g/mol. The van der Waals surface area contributed by atoms with Crippen LogP contribution in [0.5, 0.6) is 5.75 Å². The maximum Gasteiger partial charge on any atom is 0.294 e. The van der Waals surface area contributed by atoms with Gasteiger partial charge in [0.2, 0.25) is 0 Å². The number of hydrogen-bond acceptors (Lipinski definition) is 6. The van der Waals surface area contributed by atoms with Gasteiger partial charge in [-0.1, -0.05) is 54.6 Å². The largest absolute Gasteiger partial charge is 0.505 e. The van der Waals surface area contributed by atoms with Gasteiger partial charge >= 0.3 is 0 Å². The Morgan fingerprint density at radius 2 is 1.42 bits per heavy atom. The molecular formula is C27H19N3O5S. The molecule has 5 aromatic rings. The fraction of sp³-hybridized carbons (Fsp3) is 0. The molecule has 0 saturated heterocycles. The summed E-state index contributed by atoms with van der Waals surface area (Å²) in [5.74, 6) is -0.967. The third kappa shape index (κ3) is 4.65. The second kappa shape index (κ2) is 9.21. The van der Waals surface area contributed by atoms with Crippen LogP contribution in [0, 0.1) is 0 Å². The molecule has 0 fully saturated rings. The highest BCUT2D eigenvalue weighted by molar-refractivity contribution is 7.85. The number of phenolic OH excluding ortho intramolecular Hbond substituents is 1. The third-order valence-corrected chi connectivity index (χ3v) is 6.52. The van der Waals surface area contributed by atoms with Crippen molar-refractivity contribution in [2.45, 2.75) is 4.90 Å². The van der Waals surface area contributed by atoms with Crippen molar-refractivity contribution < 1.29 is 22.9 Å². The van der Waals surface area contributed by atoms with Crippen LogP contribution in [0.1, 0.15) is 10.4 Å². The number of aromatic hydroxyl groups is 1. The van der Waals surface area contributed by atoms with Gasteiger partial charge in [-0.2, -0.15) is 13.5 Å². The van der Waals surface area contributed by atoms with E-state index in [1.165, 1.54) is 12.1 Å². The van der Waals surface area contributed by atoms with Crippen LogP contribution in [-0.2, 0) is 10.1 Å². The van der Waals surface area contributed by atoms with Crippen molar-refractivity contribution in [1.82, 2.24) is 0 Å². The van der Waals surface area contributed by atoms with Gasteiger partial charge in [0.1, 0.15) is 5.69 Å². The zero-order valence-corrected chi connectivity index (χ0v) is 19.5. The molecule has 0 radical (unpaired) electrons. The Morgan fingerprint density at radius 3 is 2.14 bits per heavy atom. The molecule has 0 aliphatic carbocycles. The lowest BCUT2D eigenvalue weighted by Crippen LogP contribution is -2.12. The van der Waals surface area contributed by atoms with Crippen molar-refractivity contribution in [3.8, 4) is 5.75 Å². The first kappa shape index (κ1) is 23.2. The molecule has 178 valence electrons. The second-order valence-electron chi connectivity index (χ2n) is 8.03. The van der Waals surface area contributed by atoms with Gasteiger partial charge < -0.3 is 10.4 Å². The van der Waals surface area contributed by atoms with Gasteiger partial charge in [0.25, 0.3) is 16.0 Å². The van der Waals surface area contributed by atoms with E-state index in [0.717, 1.165) is 22.9 Å². The van der Waals surface area contributed by atoms with Gasteiger partial charge in [-0.3, -0.25) is 9.35 Å². The van der Waals surface area contributed by atoms with Gasteiger partial charge in [0.05, 0.1) is 16.1 Å². The van der Waals surface area contributed by atoms with Crippen LogP contribution in [0.3, 0.4) is 0 Å². The lowest BCUT2D eigenvalue weighted by atomic mass is 10.0. The lowest BCUT2D eigenvalue weighted by Gasteiger charge is -2.11. The molecule has 36 heavy (non-hydrogen) atoms. The fourth-order valence-electron chi connectivity index (χ4n) is 3.85. The Labute approximate surface area is 206 Å². The first-order valence-corrected chi connectivity index (χ1v) is 12.3. The number of benzene rings is 5. The molecule has 9 heteroatoms. The fourth-order valence-corrected chi connectivity index (χ4v) is 4.33. The smallest absolute Gasteiger partial charge is 0.294 e. The minimum absolute atomic E-state index is 0.0278. The van der Waals surface area contributed by atoms with Crippen LogP contribution in [0.15, 0.2) is 112 Å². The first-order chi connectivity index (χ1) is 17.3. The van der Waals surface area contributed by atoms with Gasteiger partial charge in [-0.25, -0.2) is 0 Å². The zero-order chi connectivity index (χ0) is 25.3. The van der Waals surface area contributed by atoms with Crippen molar-refractivity contribution >= 4 is 54.6 Å². The van der Waals surface area contributed by atoms with E-state index in [1.807, 2.05) is 42.5 Å². The number of hydrogen-bond donors (Lipinski definition) is 3. The molecule has 0 atom stereocenters. The Morgan fingerprint density at radius 1 is 0.750 bits per heavy atom. The minimum Gasteiger partial charge on any atom is -0.505 e. The second-order valence-corrected chi connectivity index (χ2v) is 9.45. The van der Waals surface area contributed by atoms with E-state index < -0.39 is 16.0 Å². The van der Waals surface area contributed by atoms with E-state index in [-0.39, 0.29) is 27.6 Å². The number of nitrogens with zero attached hydrogens (tertiary/aromatic N) is 2. The molecule has 5 rings (SSSR count). The molecule has 5 aromatic carbocycles. The van der Waals surface area contributed by atoms with Crippen LogP contribution in [0.2, 0.25) is 0 Å². The minimum atomic E-state index is -4.35. The molecule has 0 aliphatic rings. The Hall–Kier alpha value is -4.60. The third-order valence-electron chi connectivity index (χ3n) is 5.65. The van der Waals surface area contributed by atoms with Gasteiger partial charge in [0, 0.05) is 11.1 Å². The van der Waals surface area contributed by atoms with E-state index in [2.05, 4.69) is 15.5 Å². The molecule has 0 unspecified atom stereocenters. The number of amides is 1. The van der Waals surface area contributed by atoms with E-state index >= 15 is 0 Å². The first-order valence-electron chi connectivity index (χ1n) is 10.8. The predicted octanol–water partition coefficient (Wildman–Crippen LogP) is 6.61. The van der Waals surface area contributed by atoms with Gasteiger partial charge in [-0.15, -0.1) is 5.11 Å². The molecule has 0 aliphatic heterocycles. The number of carbonyl (C=O) groups excluding carboxylic acids is 1. The Bertz CT molecular complexity index is 1760. The van der Waals surface area contributed by atoms with Crippen molar-refractivity contribution in [3.63, 3.8) is 0 Å². The number of azo groups is 1. The molecule has 0 heterocycles. The van der Waals surface area contributed by atoms with Crippen molar-refractivity contribution in [3.05, 3.63) is 103 Å². The Balaban J connectivity index is 1.51. The van der Waals surface area contributed by atoms with Crippen LogP contribution in [0.25, 0.3) is 21.5 Å². The lowest BCUT2D eigenvalue weighted by molar-refractivity contribution is 0.102. The van der Waals surface area contributed by atoms with Crippen LogP contribution >= 0.6 is 0 Å². The normalized spacial score (nSPS) is 11.8. The highest BCUT2D eigenvalue weighted by atomic mass is 32.2. The van der Waals surface area contributed by atoms with Crippen LogP contribution < -0.4 is 5.32 Å². The molecule has 0 saturated carbocycles. The van der Waals surface area contributed by atoms with Crippen molar-refractivity contribution in [2.75, 3.05) is 5.32 Å². The van der Waals surface area contributed by atoms with Crippen LogP contribution in [0.4, 0.5) is 17.1 Å². The summed E-state index contributed by atoms with van der Waals surface area (Å²) in [6, 6.07) is 27.2. The SMILES string of the molecule is O=C(Nc1ccc(S(=O)(=O)O)cc1)c1cc2ccccc2c(N=Nc2ccc3ccccc3c2)c1O. The maximum atomic E-state index is 13.0. The number of nitrogens with one attached hydrogen (secondary N) is 1. The van der Waals surface area contributed by atoms with E-state index in [9.17, 15) is 18.3 Å². The molecule has 3 N–H and O–H groups in total. The van der Waals surface area contributed by atoms with Gasteiger partial charge in [0.15, 0.2) is 5.75 Å². The summed E-state index contributed by atoms with van der Waals surface area (Å²) in [6.45, 7) is 0. The number of fused-ring (bicyclic) bond motifs is 2. The zero-order valence-electron chi connectivity index (χ0n) is 18.7. The summed E-state index contributed by atoms with van der Waals surface area (Å²) < 4.78 is 31.6. The summed E-state index contributed by atoms with van der Waals surface area (Å²) in [6.07, 6.45) is 0. The molecule has 0 spiro atoms. The monoisotopic (exact) mass is 497 g/mol. The van der Waals surface area contributed by atoms with Crippen molar-refractivity contribution in [1.29, 1.82) is 0 Å². The number of rotatable bonds is 5. The predicted molar refractivity (Wildman–Crippen MR) is 138 cm³/mol. The number of anilines is 1. The summed E-state index contributed by atoms with van der Waals surface area (Å²) >= 11 is 0. The summed E-state index contributed by atoms with van der Waals surface area (Å²) in [4.78, 5) is 12.7. The van der Waals surface area contributed by atoms with E-state index in [4.69, 9.17) is 4.55 Å². The molecule has 8 nitrogen and oxygen atoms in total. The topological polar surface area (TPSA) is 128 Å². The Kier molecular flexibility index (Phi) is 5.93. The van der Waals surface area contributed by atoms with Crippen molar-refractivity contribution in [2.24, 2.45) is 10.2 Å². The van der Waals surface area contributed by atoms with E-state index in [1.54, 1.807) is 30.3 Å². The average Bonchev–Trinajstić information content (AvgIpc) is 2.87. The molecular weight excluding hydrogens is 478 g/mol. The van der Waals surface area contributed by atoms with E-state index in [0.29, 0.717) is 16.5 Å².